The summed E-state index contributed by atoms with van der Waals surface area (Å²) in [6.45, 7) is 9.05. The van der Waals surface area contributed by atoms with Crippen molar-refractivity contribution in [2.75, 3.05) is 0 Å². The normalized spacial score (nSPS) is 8.40. The molecule has 0 saturated heterocycles. The molecule has 0 nitrogen and oxygen atoms in total. The van der Waals surface area contributed by atoms with Crippen LogP contribution in [0.3, 0.4) is 0 Å². The summed E-state index contributed by atoms with van der Waals surface area (Å²) in [5.41, 5.74) is 0.550. The Hall–Kier alpha value is 0.430. The van der Waals surface area contributed by atoms with Crippen molar-refractivity contribution in [1.29, 1.82) is 0 Å². The highest BCUT2D eigenvalue weighted by atomic mass is 31.0. The molecule has 0 aliphatic heterocycles. The van der Waals surface area contributed by atoms with Gasteiger partial charge in [0.25, 0.3) is 0 Å². The van der Waals surface area contributed by atoms with E-state index in [2.05, 4.69) is 27.7 Å². The van der Waals surface area contributed by atoms with E-state index in [-0.39, 0.29) is 24.8 Å². The van der Waals surface area contributed by atoms with Gasteiger partial charge in [0.05, 0.1) is 0 Å². The third-order valence-electron chi connectivity index (χ3n) is 1.000. The molecule has 1 heteroatoms. The van der Waals surface area contributed by atoms with Crippen molar-refractivity contribution < 1.29 is 0 Å². The van der Waals surface area contributed by atoms with E-state index >= 15 is 0 Å². The Morgan fingerprint density at radius 1 is 1.00 bits per heavy atom. The Balaban J connectivity index is -0.0000000600. The second kappa shape index (κ2) is 9.43. The van der Waals surface area contributed by atoms with Crippen molar-refractivity contribution in [1.82, 2.24) is 0 Å². The Morgan fingerprint density at radius 2 is 1.30 bits per heavy atom. The highest BCUT2D eigenvalue weighted by molar-refractivity contribution is 6.92. The van der Waals surface area contributed by atoms with Crippen molar-refractivity contribution in [2.45, 2.75) is 55.4 Å². The molecule has 0 aromatic carbocycles. The minimum atomic E-state index is 0. The molecule has 0 fully saturated rings. The Kier molecular flexibility index (Phi) is 21.2. The van der Waals surface area contributed by atoms with E-state index in [0.29, 0.717) is 5.41 Å². The summed E-state index contributed by atoms with van der Waals surface area (Å²) in [7, 11) is 0. The molecule has 0 aromatic heterocycles. The van der Waals surface area contributed by atoms with Crippen molar-refractivity contribution >= 4 is 9.90 Å². The molecule has 0 N–H and O–H groups in total. The van der Waals surface area contributed by atoms with Crippen LogP contribution >= 0.6 is 9.90 Å². The van der Waals surface area contributed by atoms with Gasteiger partial charge in [0.1, 0.15) is 0 Å². The van der Waals surface area contributed by atoms with Gasteiger partial charge in [-0.2, -0.15) is 9.90 Å². The fourth-order valence-electron chi connectivity index (χ4n) is 0.750. The van der Waals surface area contributed by atoms with Crippen LogP contribution in [0.25, 0.3) is 0 Å². The van der Waals surface area contributed by atoms with Crippen molar-refractivity contribution in [3.8, 4) is 0 Å². The molecule has 0 bridgehead atoms. The lowest BCUT2D eigenvalue weighted by molar-refractivity contribution is 0.373. The first-order valence-electron chi connectivity index (χ1n) is 3.06. The first-order valence-corrected chi connectivity index (χ1v) is 3.06. The van der Waals surface area contributed by atoms with Crippen LogP contribution in [0.1, 0.15) is 55.4 Å². The summed E-state index contributed by atoms with van der Waals surface area (Å²) in [6, 6.07) is 0. The summed E-state index contributed by atoms with van der Waals surface area (Å²) in [5.74, 6) is 0. The third kappa shape index (κ3) is 23.7. The molecule has 68 valence electrons. The fraction of sp³-hybridized carbons (Fsp3) is 1.00. The van der Waals surface area contributed by atoms with Crippen LogP contribution in [-0.2, 0) is 0 Å². The Morgan fingerprint density at radius 3 is 1.30 bits per heavy atom. The lowest BCUT2D eigenvalue weighted by Crippen LogP contribution is -2.02. The maximum atomic E-state index is 2.27. The molecule has 1 atom stereocenters. The molecule has 0 aliphatic rings. The van der Waals surface area contributed by atoms with Gasteiger partial charge in [0.15, 0.2) is 0 Å². The van der Waals surface area contributed by atoms with Gasteiger partial charge in [-0.3, -0.25) is 0 Å². The smallest absolute Gasteiger partial charge is 0.0383 e. The van der Waals surface area contributed by atoms with Crippen LogP contribution in [-0.4, -0.2) is 0 Å². The molecule has 0 rings (SSSR count). The highest BCUT2D eigenvalue weighted by Crippen LogP contribution is 2.19. The van der Waals surface area contributed by atoms with E-state index in [9.17, 15) is 0 Å². The molecule has 0 spiro atoms. The first-order chi connectivity index (χ1) is 3.06. The third-order valence-corrected chi connectivity index (χ3v) is 1.000. The fourth-order valence-corrected chi connectivity index (χ4v) is 0.750. The average molecular weight is 166 g/mol. The van der Waals surface area contributed by atoms with E-state index in [4.69, 9.17) is 0 Å². The maximum Gasteiger partial charge on any atom is -0.0383 e. The lowest BCUT2D eigenvalue weighted by Gasteiger charge is -2.15. The summed E-state index contributed by atoms with van der Waals surface area (Å²) in [6.07, 6.45) is 2.65. The van der Waals surface area contributed by atoms with Crippen LogP contribution in [0.2, 0.25) is 0 Å². The number of hydrogen-bond acceptors (Lipinski definition) is 0. The van der Waals surface area contributed by atoms with Crippen LogP contribution in [0.4, 0.5) is 0 Å². The zero-order valence-electron chi connectivity index (χ0n) is 6.62. The predicted molar refractivity (Wildman–Crippen MR) is 58.9 cm³/mol. The molecule has 0 radical (unpaired) electrons. The summed E-state index contributed by atoms with van der Waals surface area (Å²) in [4.78, 5) is 0. The van der Waals surface area contributed by atoms with Crippen LogP contribution in [0.5, 0.6) is 0 Å². The first kappa shape index (κ1) is 22.4. The van der Waals surface area contributed by atoms with Gasteiger partial charge in [0, 0.05) is 0 Å². The summed E-state index contributed by atoms with van der Waals surface area (Å²) >= 11 is 0. The maximum absolute atomic E-state index is 2.27. The van der Waals surface area contributed by atoms with E-state index in [1.807, 2.05) is 0 Å². The quantitative estimate of drug-likeness (QED) is 0.513. The van der Waals surface area contributed by atoms with Crippen molar-refractivity contribution in [3.05, 3.63) is 0 Å². The largest absolute Gasteiger partial charge is 0.153 e. The molecular formula is C9H27P. The SMILES string of the molecule is C.C.CCCC(C)(C)C.P. The van der Waals surface area contributed by atoms with Crippen LogP contribution < -0.4 is 0 Å². The Bertz CT molecular complexity index is 43.2. The van der Waals surface area contributed by atoms with Crippen molar-refractivity contribution in [2.24, 2.45) is 5.41 Å². The zero-order valence-corrected chi connectivity index (χ0v) is 8.04. The summed E-state index contributed by atoms with van der Waals surface area (Å²) in [5, 5.41) is 0. The second-order valence-electron chi connectivity index (χ2n) is 3.31. The Labute approximate surface area is 71.4 Å². The topological polar surface area (TPSA) is 0 Å². The van der Waals surface area contributed by atoms with Gasteiger partial charge in [-0.25, -0.2) is 0 Å². The van der Waals surface area contributed by atoms with Crippen molar-refractivity contribution in [3.63, 3.8) is 0 Å². The minimum absolute atomic E-state index is 0. The number of rotatable bonds is 1. The summed E-state index contributed by atoms with van der Waals surface area (Å²) < 4.78 is 0. The van der Waals surface area contributed by atoms with Gasteiger partial charge >= 0.3 is 0 Å². The van der Waals surface area contributed by atoms with Gasteiger partial charge in [-0.1, -0.05) is 49.0 Å². The molecule has 10 heavy (non-hydrogen) atoms. The van der Waals surface area contributed by atoms with Crippen LogP contribution in [0.15, 0.2) is 0 Å². The molecule has 0 aliphatic carbocycles. The number of hydrogen-bond donors (Lipinski definition) is 0. The van der Waals surface area contributed by atoms with Gasteiger partial charge in [0.2, 0.25) is 0 Å². The average Bonchev–Trinajstić information content (AvgIpc) is 1.30. The van der Waals surface area contributed by atoms with Gasteiger partial charge < -0.3 is 0 Å². The van der Waals surface area contributed by atoms with Gasteiger partial charge in [-0.15, -0.1) is 0 Å². The monoisotopic (exact) mass is 166 g/mol. The van der Waals surface area contributed by atoms with Gasteiger partial charge in [-0.05, 0) is 11.8 Å². The molecule has 0 heterocycles. The molecule has 0 amide bonds. The predicted octanol–water partition coefficient (Wildman–Crippen LogP) is 4.16. The molecule has 0 saturated carbocycles. The van der Waals surface area contributed by atoms with Crippen LogP contribution in [0, 0.1) is 5.41 Å². The second-order valence-corrected chi connectivity index (χ2v) is 3.31. The van der Waals surface area contributed by atoms with E-state index in [1.165, 1.54) is 12.8 Å². The van der Waals surface area contributed by atoms with E-state index in [1.54, 1.807) is 0 Å². The molecule has 1 unspecified atom stereocenters. The lowest BCUT2D eigenvalue weighted by atomic mass is 9.91. The highest BCUT2D eigenvalue weighted by Gasteiger charge is 2.06. The van der Waals surface area contributed by atoms with E-state index < -0.39 is 0 Å². The van der Waals surface area contributed by atoms with E-state index in [0.717, 1.165) is 0 Å². The molecule has 0 aromatic rings. The zero-order chi connectivity index (χ0) is 5.91. The molecular weight excluding hydrogens is 139 g/mol. The standard InChI is InChI=1S/C7H16.2CH4.H3P/c1-5-6-7(2,3)4;;;/h5-6H2,1-4H3;2*1H4;1H3. The minimum Gasteiger partial charge on any atom is -0.153 e.